The number of fused-ring (bicyclic) bond motifs is 1. The van der Waals surface area contributed by atoms with Gasteiger partial charge in [0.25, 0.3) is 5.91 Å². The molecule has 244 valence electrons. The third-order valence-electron chi connectivity index (χ3n) is 10.4. The van der Waals surface area contributed by atoms with E-state index >= 15 is 0 Å². The number of rotatable bonds is 10. The van der Waals surface area contributed by atoms with Crippen molar-refractivity contribution in [3.05, 3.63) is 47.7 Å². The molecule has 2 unspecified atom stereocenters. The van der Waals surface area contributed by atoms with Crippen molar-refractivity contribution in [3.8, 4) is 11.9 Å². The number of Topliss-reactive ketones (excluding diaryl/α,β-unsaturated/α-hetero) is 1. The van der Waals surface area contributed by atoms with Crippen LogP contribution in [0.3, 0.4) is 0 Å². The van der Waals surface area contributed by atoms with Gasteiger partial charge in [-0.25, -0.2) is 9.97 Å². The topological polar surface area (TPSA) is 125 Å². The Balaban J connectivity index is 1.19. The number of nitrogens with one attached hydrogen (secondary N) is 2. The summed E-state index contributed by atoms with van der Waals surface area (Å²) in [6.07, 6.45) is 11.7. The molecule has 0 bridgehead atoms. The summed E-state index contributed by atoms with van der Waals surface area (Å²) >= 11 is 0. The van der Waals surface area contributed by atoms with Crippen LogP contribution in [0.25, 0.3) is 11.0 Å². The number of aromatic nitrogens is 3. The maximum atomic E-state index is 13.5. The first-order valence-electron chi connectivity index (χ1n) is 17.3. The number of ether oxygens (including phenoxy) is 1. The number of carbonyl (C=O) groups excluding carboxylic acids is 2. The van der Waals surface area contributed by atoms with Gasteiger partial charge in [0.2, 0.25) is 11.8 Å². The fourth-order valence-electron chi connectivity index (χ4n) is 7.50. The van der Waals surface area contributed by atoms with E-state index in [2.05, 4.69) is 38.1 Å². The average Bonchev–Trinajstić information content (AvgIpc) is 3.31. The van der Waals surface area contributed by atoms with Crippen LogP contribution in [-0.2, 0) is 4.79 Å². The van der Waals surface area contributed by atoms with Gasteiger partial charge in [-0.3, -0.25) is 19.8 Å². The summed E-state index contributed by atoms with van der Waals surface area (Å²) in [4.78, 5) is 38.6. The normalized spacial score (nSPS) is 24.2. The first-order chi connectivity index (χ1) is 22.5. The van der Waals surface area contributed by atoms with Crippen LogP contribution in [0.15, 0.2) is 36.5 Å². The van der Waals surface area contributed by atoms with Gasteiger partial charge in [0, 0.05) is 36.6 Å². The third kappa shape index (κ3) is 7.76. The summed E-state index contributed by atoms with van der Waals surface area (Å²) in [6, 6.07) is 10.7. The number of piperidine rings is 1. The van der Waals surface area contributed by atoms with Gasteiger partial charge in [-0.2, -0.15) is 5.26 Å². The lowest BCUT2D eigenvalue weighted by Crippen LogP contribution is -2.33. The van der Waals surface area contributed by atoms with Crippen LogP contribution in [0.2, 0.25) is 0 Å². The number of carbonyl (C=O) groups is 2. The Labute approximate surface area is 271 Å². The predicted octanol–water partition coefficient (Wildman–Crippen LogP) is 5.75. The number of hydrogen-bond acceptors (Lipinski definition) is 8. The average molecular weight is 626 g/mol. The van der Waals surface area contributed by atoms with Crippen molar-refractivity contribution >= 4 is 28.7 Å². The van der Waals surface area contributed by atoms with E-state index < -0.39 is 0 Å². The Kier molecular flexibility index (Phi) is 10.6. The molecule has 3 aliphatic rings. The minimum atomic E-state index is -0.289. The number of imidazole rings is 1. The summed E-state index contributed by atoms with van der Waals surface area (Å²) in [5, 5.41) is 15.7. The molecule has 0 spiro atoms. The highest BCUT2D eigenvalue weighted by Crippen LogP contribution is 2.39. The van der Waals surface area contributed by atoms with E-state index in [1.165, 1.54) is 19.3 Å². The van der Waals surface area contributed by atoms with Crippen LogP contribution in [0, 0.1) is 29.1 Å². The van der Waals surface area contributed by atoms with E-state index in [-0.39, 0.29) is 17.9 Å². The highest BCUT2D eigenvalue weighted by Gasteiger charge is 2.32. The molecule has 6 rings (SSSR count). The van der Waals surface area contributed by atoms with Gasteiger partial charge in [0.1, 0.15) is 17.9 Å². The summed E-state index contributed by atoms with van der Waals surface area (Å²) in [5.74, 6) is 2.25. The van der Waals surface area contributed by atoms with E-state index in [0.717, 1.165) is 76.8 Å². The standard InChI is InChI=1S/C36H47N7O3/c1-25-13-15-38-16-14-29(25)21-33(44)27-9-11-30(12-10-27)43-32-22-34(46-20-19-42-17-3-2-4-18-42)39-24-31(32)40-36(43)41-35(45)28-7-5-26(23-37)6-8-28/h5-8,22,24-25,27,29-30,38H,2-4,9-21H2,1H3,(H,40,41,45). The molecule has 2 saturated heterocycles. The Hall–Kier alpha value is -3.81. The lowest BCUT2D eigenvalue weighted by Gasteiger charge is -2.31. The fraction of sp³-hybridized carbons (Fsp3) is 0.583. The molecule has 3 aromatic rings. The lowest BCUT2D eigenvalue weighted by atomic mass is 9.78. The van der Waals surface area contributed by atoms with Gasteiger partial charge in [-0.05, 0) is 114 Å². The van der Waals surface area contributed by atoms with Crippen molar-refractivity contribution < 1.29 is 14.3 Å². The number of pyridine rings is 1. The molecule has 2 atom stereocenters. The number of hydrogen-bond donors (Lipinski definition) is 2. The zero-order valence-corrected chi connectivity index (χ0v) is 27.0. The minimum absolute atomic E-state index is 0.0786. The second-order valence-electron chi connectivity index (χ2n) is 13.5. The molecule has 2 aliphatic heterocycles. The minimum Gasteiger partial charge on any atom is -0.476 e. The van der Waals surface area contributed by atoms with Crippen molar-refractivity contribution in [1.82, 2.24) is 24.8 Å². The van der Waals surface area contributed by atoms with Gasteiger partial charge >= 0.3 is 0 Å². The van der Waals surface area contributed by atoms with Crippen molar-refractivity contribution in [3.63, 3.8) is 0 Å². The smallest absolute Gasteiger partial charge is 0.257 e. The molecule has 1 saturated carbocycles. The summed E-state index contributed by atoms with van der Waals surface area (Å²) in [6.45, 7) is 8.01. The highest BCUT2D eigenvalue weighted by molar-refractivity contribution is 6.04. The zero-order chi connectivity index (χ0) is 31.9. The molecule has 1 amide bonds. The zero-order valence-electron chi connectivity index (χ0n) is 27.0. The van der Waals surface area contributed by atoms with Gasteiger partial charge in [-0.15, -0.1) is 0 Å². The Bertz CT molecular complexity index is 1530. The van der Waals surface area contributed by atoms with Crippen molar-refractivity contribution in [2.75, 3.05) is 44.6 Å². The van der Waals surface area contributed by atoms with Crippen LogP contribution in [0.4, 0.5) is 5.95 Å². The van der Waals surface area contributed by atoms with Crippen LogP contribution >= 0.6 is 0 Å². The number of nitriles is 1. The number of benzene rings is 1. The van der Waals surface area contributed by atoms with Crippen molar-refractivity contribution in [2.45, 2.75) is 77.2 Å². The van der Waals surface area contributed by atoms with Crippen LogP contribution in [0.1, 0.15) is 93.1 Å². The molecule has 4 heterocycles. The van der Waals surface area contributed by atoms with E-state index in [1.807, 2.05) is 6.07 Å². The number of anilines is 1. The largest absolute Gasteiger partial charge is 0.476 e. The van der Waals surface area contributed by atoms with Gasteiger partial charge in [0.15, 0.2) is 0 Å². The van der Waals surface area contributed by atoms with Gasteiger partial charge < -0.3 is 14.6 Å². The number of nitrogens with zero attached hydrogens (tertiary/aromatic N) is 5. The lowest BCUT2D eigenvalue weighted by molar-refractivity contribution is -0.125. The Morgan fingerprint density at radius 2 is 1.80 bits per heavy atom. The molecule has 10 heteroatoms. The summed E-state index contributed by atoms with van der Waals surface area (Å²) < 4.78 is 8.24. The first kappa shape index (κ1) is 32.1. The molecule has 2 N–H and O–H groups in total. The van der Waals surface area contributed by atoms with Crippen LogP contribution in [0.5, 0.6) is 5.88 Å². The van der Waals surface area contributed by atoms with Crippen LogP contribution < -0.4 is 15.4 Å². The van der Waals surface area contributed by atoms with Crippen molar-refractivity contribution in [2.24, 2.45) is 17.8 Å². The highest BCUT2D eigenvalue weighted by atomic mass is 16.5. The first-order valence-corrected chi connectivity index (χ1v) is 17.3. The quantitative estimate of drug-likeness (QED) is 0.292. The van der Waals surface area contributed by atoms with E-state index in [0.29, 0.717) is 59.1 Å². The monoisotopic (exact) mass is 625 g/mol. The van der Waals surface area contributed by atoms with E-state index in [4.69, 9.17) is 15.0 Å². The maximum Gasteiger partial charge on any atom is 0.257 e. The fourth-order valence-corrected chi connectivity index (χ4v) is 7.50. The molecule has 3 fully saturated rings. The Morgan fingerprint density at radius 3 is 2.57 bits per heavy atom. The van der Waals surface area contributed by atoms with Crippen LogP contribution in [-0.4, -0.2) is 70.5 Å². The second-order valence-corrected chi connectivity index (χ2v) is 13.5. The van der Waals surface area contributed by atoms with Gasteiger partial charge in [-0.1, -0.05) is 13.3 Å². The Morgan fingerprint density at radius 1 is 1.04 bits per heavy atom. The molecule has 2 aromatic heterocycles. The molecule has 10 nitrogen and oxygen atoms in total. The van der Waals surface area contributed by atoms with E-state index in [1.54, 1.807) is 30.5 Å². The molecule has 46 heavy (non-hydrogen) atoms. The second kappa shape index (κ2) is 15.2. The van der Waals surface area contributed by atoms with Gasteiger partial charge in [0.05, 0.1) is 23.3 Å². The SMILES string of the molecule is CC1CCNCCC1CC(=O)C1CCC(n2c(NC(=O)c3ccc(C#N)cc3)nc3cnc(OCCN4CCCCC4)cc32)CC1. The number of ketones is 1. The predicted molar refractivity (Wildman–Crippen MR) is 178 cm³/mol. The van der Waals surface area contributed by atoms with Crippen molar-refractivity contribution in [1.29, 1.82) is 5.26 Å². The summed E-state index contributed by atoms with van der Waals surface area (Å²) in [5.41, 5.74) is 2.51. The molecular weight excluding hydrogens is 578 g/mol. The van der Waals surface area contributed by atoms with E-state index in [9.17, 15) is 9.59 Å². The third-order valence-corrected chi connectivity index (χ3v) is 10.4. The molecule has 1 aromatic carbocycles. The number of likely N-dealkylation sites (tertiary alicyclic amines) is 1. The molecule has 0 radical (unpaired) electrons. The summed E-state index contributed by atoms with van der Waals surface area (Å²) in [7, 11) is 0. The number of amides is 1. The molecule has 1 aliphatic carbocycles. The molecular formula is C36H47N7O3. The maximum absolute atomic E-state index is 13.5.